The van der Waals surface area contributed by atoms with Crippen molar-refractivity contribution in [3.63, 3.8) is 0 Å². The Kier molecular flexibility index (Phi) is 5.69. The minimum atomic E-state index is -0.427. The fraction of sp³-hybridized carbons (Fsp3) is 0.235. The van der Waals surface area contributed by atoms with Crippen molar-refractivity contribution < 1.29 is 9.13 Å². The number of ether oxygens (including phenoxy) is 1. The molecular weight excluding hydrogens is 285 g/mol. The Hall–Kier alpha value is -1.94. The average molecular weight is 303 g/mol. The largest absolute Gasteiger partial charge is 0.491 e. The molecule has 0 saturated heterocycles. The molecule has 4 heteroatoms. The lowest BCUT2D eigenvalue weighted by molar-refractivity contribution is 0.292. The monoisotopic (exact) mass is 303 g/mol. The van der Waals surface area contributed by atoms with E-state index in [9.17, 15) is 4.39 Å². The van der Waals surface area contributed by atoms with Crippen LogP contribution in [-0.2, 0) is 6.42 Å². The van der Waals surface area contributed by atoms with Gasteiger partial charge in [-0.1, -0.05) is 42.5 Å². The van der Waals surface area contributed by atoms with Gasteiger partial charge in [-0.3, -0.25) is 0 Å². The first-order valence-electron chi connectivity index (χ1n) is 6.93. The van der Waals surface area contributed by atoms with Gasteiger partial charge in [0.1, 0.15) is 4.99 Å². The molecule has 0 atom stereocenters. The van der Waals surface area contributed by atoms with Crippen LogP contribution in [0.5, 0.6) is 5.75 Å². The van der Waals surface area contributed by atoms with Crippen molar-refractivity contribution in [2.45, 2.75) is 19.3 Å². The van der Waals surface area contributed by atoms with Gasteiger partial charge >= 0.3 is 0 Å². The molecule has 0 aromatic heterocycles. The molecule has 0 fully saturated rings. The Balaban J connectivity index is 1.75. The van der Waals surface area contributed by atoms with Crippen LogP contribution < -0.4 is 10.5 Å². The third-order valence-corrected chi connectivity index (χ3v) is 3.41. The van der Waals surface area contributed by atoms with Crippen LogP contribution in [0.2, 0.25) is 0 Å². The number of rotatable bonds is 7. The van der Waals surface area contributed by atoms with Crippen molar-refractivity contribution >= 4 is 17.2 Å². The minimum Gasteiger partial charge on any atom is -0.491 e. The van der Waals surface area contributed by atoms with E-state index >= 15 is 0 Å². The van der Waals surface area contributed by atoms with Crippen LogP contribution in [-0.4, -0.2) is 11.6 Å². The fourth-order valence-electron chi connectivity index (χ4n) is 2.03. The zero-order chi connectivity index (χ0) is 15.1. The van der Waals surface area contributed by atoms with E-state index in [1.54, 1.807) is 12.1 Å². The lowest BCUT2D eigenvalue weighted by Gasteiger charge is -2.08. The molecule has 0 unspecified atom stereocenters. The summed E-state index contributed by atoms with van der Waals surface area (Å²) < 4.78 is 19.2. The van der Waals surface area contributed by atoms with Gasteiger partial charge in [-0.15, -0.1) is 0 Å². The first kappa shape index (κ1) is 15.4. The molecule has 2 aromatic carbocycles. The topological polar surface area (TPSA) is 35.2 Å². The van der Waals surface area contributed by atoms with Crippen molar-refractivity contribution in [1.29, 1.82) is 0 Å². The van der Waals surface area contributed by atoms with Crippen LogP contribution >= 0.6 is 12.2 Å². The van der Waals surface area contributed by atoms with Crippen LogP contribution in [0.25, 0.3) is 0 Å². The van der Waals surface area contributed by atoms with Crippen molar-refractivity contribution in [3.8, 4) is 5.75 Å². The zero-order valence-electron chi connectivity index (χ0n) is 11.7. The molecule has 0 radical (unpaired) electrons. The summed E-state index contributed by atoms with van der Waals surface area (Å²) in [7, 11) is 0. The van der Waals surface area contributed by atoms with Gasteiger partial charge in [0.2, 0.25) is 0 Å². The lowest BCUT2D eigenvalue weighted by atomic mass is 10.1. The molecule has 0 saturated carbocycles. The number of unbranched alkanes of at least 4 members (excludes halogenated alkanes) is 1. The SMILES string of the molecule is NC(=S)c1ccc(OCCCCc2ccccc2)c(F)c1. The molecule has 0 aliphatic heterocycles. The number of halogens is 1. The van der Waals surface area contributed by atoms with Crippen LogP contribution in [0.3, 0.4) is 0 Å². The summed E-state index contributed by atoms with van der Waals surface area (Å²) in [4.78, 5) is 0.184. The molecule has 2 rings (SSSR count). The molecular formula is C17H18FNOS. The predicted octanol–water partition coefficient (Wildman–Crippen LogP) is 3.86. The molecule has 2 N–H and O–H groups in total. The van der Waals surface area contributed by atoms with Gasteiger partial charge in [0.05, 0.1) is 6.61 Å². The first-order chi connectivity index (χ1) is 10.2. The highest BCUT2D eigenvalue weighted by Gasteiger charge is 2.06. The van der Waals surface area contributed by atoms with Crippen molar-refractivity contribution in [1.82, 2.24) is 0 Å². The molecule has 0 aliphatic carbocycles. The molecule has 2 aromatic rings. The Morgan fingerprint density at radius 2 is 1.86 bits per heavy atom. The second-order valence-electron chi connectivity index (χ2n) is 4.80. The van der Waals surface area contributed by atoms with Crippen molar-refractivity contribution in [2.75, 3.05) is 6.61 Å². The van der Waals surface area contributed by atoms with Crippen LogP contribution in [0.1, 0.15) is 24.0 Å². The molecule has 0 aliphatic rings. The quantitative estimate of drug-likeness (QED) is 0.623. The summed E-state index contributed by atoms with van der Waals surface area (Å²) in [5.41, 5.74) is 7.27. The molecule has 2 nitrogen and oxygen atoms in total. The van der Waals surface area contributed by atoms with Gasteiger partial charge in [0, 0.05) is 5.56 Å². The van der Waals surface area contributed by atoms with Crippen molar-refractivity contribution in [2.24, 2.45) is 5.73 Å². The third kappa shape index (κ3) is 4.83. The van der Waals surface area contributed by atoms with Gasteiger partial charge in [0.15, 0.2) is 11.6 Å². The highest BCUT2D eigenvalue weighted by Crippen LogP contribution is 2.18. The summed E-state index contributed by atoms with van der Waals surface area (Å²) in [6.45, 7) is 0.496. The zero-order valence-corrected chi connectivity index (χ0v) is 12.5. The van der Waals surface area contributed by atoms with Crippen LogP contribution in [0.4, 0.5) is 4.39 Å². The van der Waals surface area contributed by atoms with E-state index in [-0.39, 0.29) is 10.7 Å². The number of hydrogen-bond acceptors (Lipinski definition) is 2. The van der Waals surface area contributed by atoms with Gasteiger partial charge in [-0.25, -0.2) is 4.39 Å². The maximum absolute atomic E-state index is 13.7. The number of aryl methyl sites for hydroxylation is 1. The first-order valence-corrected chi connectivity index (χ1v) is 7.34. The van der Waals surface area contributed by atoms with Crippen LogP contribution in [0, 0.1) is 5.82 Å². The summed E-state index contributed by atoms with van der Waals surface area (Å²) in [5.74, 6) is -0.182. The van der Waals surface area contributed by atoms with E-state index < -0.39 is 5.82 Å². The Morgan fingerprint density at radius 1 is 1.10 bits per heavy atom. The molecule has 0 spiro atoms. The number of hydrogen-bond donors (Lipinski definition) is 1. The van der Waals surface area contributed by atoms with E-state index in [0.717, 1.165) is 19.3 Å². The molecule has 0 bridgehead atoms. The Bertz CT molecular complexity index is 601. The average Bonchev–Trinajstić information content (AvgIpc) is 2.49. The normalized spacial score (nSPS) is 10.3. The summed E-state index contributed by atoms with van der Waals surface area (Å²) in [6, 6.07) is 14.8. The molecule has 0 amide bonds. The van der Waals surface area contributed by atoms with Gasteiger partial charge in [-0.05, 0) is 43.0 Å². The van der Waals surface area contributed by atoms with E-state index in [4.69, 9.17) is 22.7 Å². The van der Waals surface area contributed by atoms with Gasteiger partial charge in [0.25, 0.3) is 0 Å². The summed E-state index contributed by atoms with van der Waals surface area (Å²) >= 11 is 4.80. The Labute approximate surface area is 129 Å². The lowest BCUT2D eigenvalue weighted by Crippen LogP contribution is -2.10. The maximum atomic E-state index is 13.7. The minimum absolute atomic E-state index is 0.184. The number of nitrogens with two attached hydrogens (primary N) is 1. The smallest absolute Gasteiger partial charge is 0.165 e. The predicted molar refractivity (Wildman–Crippen MR) is 87.2 cm³/mol. The Morgan fingerprint density at radius 3 is 2.52 bits per heavy atom. The van der Waals surface area contributed by atoms with Gasteiger partial charge in [-0.2, -0.15) is 0 Å². The number of benzene rings is 2. The standard InChI is InChI=1S/C17H18FNOS/c18-15-12-14(17(19)21)9-10-16(15)20-11-5-4-8-13-6-2-1-3-7-13/h1-3,6-7,9-10,12H,4-5,8,11H2,(H2,19,21). The molecule has 110 valence electrons. The third-order valence-electron chi connectivity index (χ3n) is 3.18. The second kappa shape index (κ2) is 7.74. The summed E-state index contributed by atoms with van der Waals surface area (Å²) in [5, 5.41) is 0. The maximum Gasteiger partial charge on any atom is 0.165 e. The van der Waals surface area contributed by atoms with E-state index in [1.807, 2.05) is 18.2 Å². The van der Waals surface area contributed by atoms with E-state index in [0.29, 0.717) is 12.2 Å². The molecule has 0 heterocycles. The van der Waals surface area contributed by atoms with E-state index in [2.05, 4.69) is 12.1 Å². The van der Waals surface area contributed by atoms with Crippen LogP contribution in [0.15, 0.2) is 48.5 Å². The number of thiocarbonyl (C=S) groups is 1. The highest BCUT2D eigenvalue weighted by atomic mass is 32.1. The summed E-state index contributed by atoms with van der Waals surface area (Å²) in [6.07, 6.45) is 2.90. The highest BCUT2D eigenvalue weighted by molar-refractivity contribution is 7.80. The van der Waals surface area contributed by atoms with E-state index in [1.165, 1.54) is 11.6 Å². The van der Waals surface area contributed by atoms with Crippen molar-refractivity contribution in [3.05, 3.63) is 65.5 Å². The second-order valence-corrected chi connectivity index (χ2v) is 5.24. The van der Waals surface area contributed by atoms with Gasteiger partial charge < -0.3 is 10.5 Å². The fourth-order valence-corrected chi connectivity index (χ4v) is 2.16. The molecule has 21 heavy (non-hydrogen) atoms.